The van der Waals surface area contributed by atoms with Gasteiger partial charge in [-0.25, -0.2) is 4.98 Å². The summed E-state index contributed by atoms with van der Waals surface area (Å²) in [4.78, 5) is 4.11. The van der Waals surface area contributed by atoms with Crippen LogP contribution >= 0.6 is 11.6 Å². The molecule has 0 saturated carbocycles. The first-order valence-electron chi connectivity index (χ1n) is 3.63. The summed E-state index contributed by atoms with van der Waals surface area (Å²) in [6.07, 6.45) is 1.78. The lowest BCUT2D eigenvalue weighted by Crippen LogP contribution is -2.20. The van der Waals surface area contributed by atoms with Gasteiger partial charge in [-0.15, -0.1) is 0 Å². The van der Waals surface area contributed by atoms with E-state index in [0.717, 1.165) is 10.8 Å². The minimum Gasteiger partial charge on any atom is -0.316 e. The van der Waals surface area contributed by atoms with Crippen molar-refractivity contribution in [2.75, 3.05) is 0 Å². The van der Waals surface area contributed by atoms with E-state index in [1.165, 1.54) is 0 Å². The highest BCUT2D eigenvalue weighted by Crippen LogP contribution is 2.22. The summed E-state index contributed by atoms with van der Waals surface area (Å²) in [7, 11) is 0. The van der Waals surface area contributed by atoms with Gasteiger partial charge < -0.3 is 4.57 Å². The fourth-order valence-corrected chi connectivity index (χ4v) is 1.24. The molecule has 0 spiro atoms. The predicted molar refractivity (Wildman–Crippen MR) is 47.0 cm³/mol. The van der Waals surface area contributed by atoms with Gasteiger partial charge in [-0.3, -0.25) is 0 Å². The molecule has 2 nitrogen and oxygen atoms in total. The Morgan fingerprint density at radius 3 is 2.18 bits per heavy atom. The number of rotatable bonds is 0. The number of hydrogen-bond acceptors (Lipinski definition) is 1. The second-order valence-electron chi connectivity index (χ2n) is 3.66. The molecular weight excluding hydrogens is 160 g/mol. The number of aromatic nitrogens is 2. The van der Waals surface area contributed by atoms with Crippen molar-refractivity contribution >= 4 is 11.6 Å². The molecule has 62 valence electrons. The Balaban J connectivity index is 3.15. The summed E-state index contributed by atoms with van der Waals surface area (Å²) < 4.78 is 1.96. The highest BCUT2D eigenvalue weighted by molar-refractivity contribution is 6.30. The fraction of sp³-hybridized carbons (Fsp3) is 0.625. The Morgan fingerprint density at radius 2 is 2.00 bits per heavy atom. The van der Waals surface area contributed by atoms with E-state index in [0.29, 0.717) is 0 Å². The number of halogens is 1. The second-order valence-corrected chi connectivity index (χ2v) is 4.02. The lowest BCUT2D eigenvalue weighted by Gasteiger charge is -2.21. The zero-order chi connectivity index (χ0) is 8.65. The molecule has 0 N–H and O–H groups in total. The summed E-state index contributed by atoms with van der Waals surface area (Å²) in [6.45, 7) is 8.20. The Bertz CT molecular complexity index is 258. The van der Waals surface area contributed by atoms with E-state index in [2.05, 4.69) is 25.8 Å². The van der Waals surface area contributed by atoms with Crippen LogP contribution in [-0.4, -0.2) is 9.55 Å². The van der Waals surface area contributed by atoms with Crippen molar-refractivity contribution < 1.29 is 0 Å². The smallest absolute Gasteiger partial charge is 0.132 e. The Kier molecular flexibility index (Phi) is 1.97. The fourth-order valence-electron chi connectivity index (χ4n) is 0.890. The molecule has 11 heavy (non-hydrogen) atoms. The molecule has 0 fully saturated rings. The minimum atomic E-state index is 0.0261. The van der Waals surface area contributed by atoms with E-state index < -0.39 is 0 Å². The lowest BCUT2D eigenvalue weighted by molar-refractivity contribution is 0.397. The molecule has 1 rings (SSSR count). The summed E-state index contributed by atoms with van der Waals surface area (Å²) in [5.74, 6) is 0. The third kappa shape index (κ3) is 1.56. The van der Waals surface area contributed by atoms with E-state index in [4.69, 9.17) is 11.6 Å². The molecule has 0 amide bonds. The van der Waals surface area contributed by atoms with Gasteiger partial charge in [0.2, 0.25) is 0 Å². The third-order valence-corrected chi connectivity index (χ3v) is 2.06. The number of aryl methyl sites for hydroxylation is 1. The number of hydrogen-bond donors (Lipinski definition) is 0. The maximum absolute atomic E-state index is 5.99. The zero-order valence-electron chi connectivity index (χ0n) is 7.35. The Morgan fingerprint density at radius 1 is 1.45 bits per heavy atom. The molecule has 0 atom stereocenters. The second kappa shape index (κ2) is 2.52. The normalized spacial score (nSPS) is 12.1. The van der Waals surface area contributed by atoms with Gasteiger partial charge >= 0.3 is 0 Å². The van der Waals surface area contributed by atoms with E-state index in [1.807, 2.05) is 11.5 Å². The SMILES string of the molecule is Cc1ncn(C(C)(C)C)c1Cl. The minimum absolute atomic E-state index is 0.0261. The molecule has 0 saturated heterocycles. The topological polar surface area (TPSA) is 17.8 Å². The zero-order valence-corrected chi connectivity index (χ0v) is 8.11. The molecule has 1 aromatic heterocycles. The molecule has 0 radical (unpaired) electrons. The summed E-state index contributed by atoms with van der Waals surface area (Å²) in [5, 5.41) is 0.734. The molecule has 0 bridgehead atoms. The van der Waals surface area contributed by atoms with Crippen molar-refractivity contribution in [1.82, 2.24) is 9.55 Å². The van der Waals surface area contributed by atoms with Gasteiger partial charge in [-0.05, 0) is 27.7 Å². The van der Waals surface area contributed by atoms with Crippen molar-refractivity contribution in [1.29, 1.82) is 0 Å². The van der Waals surface area contributed by atoms with Crippen molar-refractivity contribution in [2.45, 2.75) is 33.2 Å². The first kappa shape index (κ1) is 8.60. The van der Waals surface area contributed by atoms with Crippen molar-refractivity contribution in [3.8, 4) is 0 Å². The van der Waals surface area contributed by atoms with Crippen LogP contribution in [0.1, 0.15) is 26.5 Å². The van der Waals surface area contributed by atoms with Crippen LogP contribution in [0.4, 0.5) is 0 Å². The molecular formula is C8H13ClN2. The van der Waals surface area contributed by atoms with Gasteiger partial charge in [0, 0.05) is 5.54 Å². The largest absolute Gasteiger partial charge is 0.316 e. The van der Waals surface area contributed by atoms with Gasteiger partial charge in [0.05, 0.1) is 12.0 Å². The quantitative estimate of drug-likeness (QED) is 0.588. The Hall–Kier alpha value is -0.500. The molecule has 1 heterocycles. The van der Waals surface area contributed by atoms with Crippen LogP contribution in [0.15, 0.2) is 6.33 Å². The predicted octanol–water partition coefficient (Wildman–Crippen LogP) is 2.60. The van der Waals surface area contributed by atoms with E-state index in [1.54, 1.807) is 6.33 Å². The summed E-state index contributed by atoms with van der Waals surface area (Å²) >= 11 is 5.99. The summed E-state index contributed by atoms with van der Waals surface area (Å²) in [5.41, 5.74) is 0.916. The molecule has 3 heteroatoms. The third-order valence-electron chi connectivity index (χ3n) is 1.60. The van der Waals surface area contributed by atoms with E-state index >= 15 is 0 Å². The average molecular weight is 173 g/mol. The van der Waals surface area contributed by atoms with Crippen LogP contribution < -0.4 is 0 Å². The van der Waals surface area contributed by atoms with Gasteiger partial charge in [0.25, 0.3) is 0 Å². The van der Waals surface area contributed by atoms with Crippen LogP contribution in [0.25, 0.3) is 0 Å². The first-order chi connectivity index (χ1) is 4.93. The highest BCUT2D eigenvalue weighted by Gasteiger charge is 2.16. The number of imidazole rings is 1. The van der Waals surface area contributed by atoms with Gasteiger partial charge in [0.1, 0.15) is 5.15 Å². The summed E-state index contributed by atoms with van der Waals surface area (Å²) in [6, 6.07) is 0. The standard InChI is InChI=1S/C8H13ClN2/c1-6-7(9)11(5-10-6)8(2,3)4/h5H,1-4H3. The average Bonchev–Trinajstić information content (AvgIpc) is 2.11. The van der Waals surface area contributed by atoms with E-state index in [-0.39, 0.29) is 5.54 Å². The van der Waals surface area contributed by atoms with E-state index in [9.17, 15) is 0 Å². The van der Waals surface area contributed by atoms with Crippen LogP contribution in [-0.2, 0) is 5.54 Å². The van der Waals surface area contributed by atoms with Gasteiger partial charge in [0.15, 0.2) is 0 Å². The van der Waals surface area contributed by atoms with Gasteiger partial charge in [-0.1, -0.05) is 11.6 Å². The maximum Gasteiger partial charge on any atom is 0.132 e. The van der Waals surface area contributed by atoms with Gasteiger partial charge in [-0.2, -0.15) is 0 Å². The monoisotopic (exact) mass is 172 g/mol. The molecule has 0 unspecified atom stereocenters. The van der Waals surface area contributed by atoms with Crippen LogP contribution in [0.5, 0.6) is 0 Å². The Labute approximate surface area is 72.2 Å². The molecule has 0 aliphatic rings. The highest BCUT2D eigenvalue weighted by atomic mass is 35.5. The van der Waals surface area contributed by atoms with Crippen molar-refractivity contribution in [2.24, 2.45) is 0 Å². The number of nitrogens with zero attached hydrogens (tertiary/aromatic N) is 2. The molecule has 0 aromatic carbocycles. The first-order valence-corrected chi connectivity index (χ1v) is 4.00. The molecule has 0 aliphatic heterocycles. The van der Waals surface area contributed by atoms with Crippen LogP contribution in [0, 0.1) is 6.92 Å². The van der Waals surface area contributed by atoms with Crippen molar-refractivity contribution in [3.63, 3.8) is 0 Å². The lowest BCUT2D eigenvalue weighted by atomic mass is 10.1. The molecule has 1 aromatic rings. The maximum atomic E-state index is 5.99. The van der Waals surface area contributed by atoms with Crippen molar-refractivity contribution in [3.05, 3.63) is 17.2 Å². The van der Waals surface area contributed by atoms with Crippen LogP contribution in [0.2, 0.25) is 5.15 Å². The molecule has 0 aliphatic carbocycles. The van der Waals surface area contributed by atoms with Crippen LogP contribution in [0.3, 0.4) is 0 Å².